The van der Waals surface area contributed by atoms with E-state index in [0.29, 0.717) is 0 Å². The van der Waals surface area contributed by atoms with E-state index in [-0.39, 0.29) is 23.7 Å². The molecular formula is C16H25BrO. The quantitative estimate of drug-likeness (QED) is 0.522. The molecule has 18 heavy (non-hydrogen) atoms. The van der Waals surface area contributed by atoms with Crippen molar-refractivity contribution in [2.75, 3.05) is 18.5 Å². The van der Waals surface area contributed by atoms with Gasteiger partial charge in [0, 0.05) is 30.8 Å². The van der Waals surface area contributed by atoms with Gasteiger partial charge in [0.25, 0.3) is 0 Å². The Kier molecular flexibility index (Phi) is 3.89. The molecule has 0 radical (unpaired) electrons. The van der Waals surface area contributed by atoms with Crippen LogP contribution in [0.1, 0.15) is 59.0 Å². The first-order chi connectivity index (χ1) is 13.0. The van der Waals surface area contributed by atoms with E-state index in [1.807, 2.05) is 0 Å². The molecule has 0 saturated carbocycles. The van der Waals surface area contributed by atoms with E-state index in [0.717, 1.165) is 0 Å². The van der Waals surface area contributed by atoms with Crippen LogP contribution in [0.2, 0.25) is 0 Å². The number of hydrogen-bond donors (Lipinski definition) is 0. The molecule has 0 fully saturated rings. The molecule has 1 rings (SSSR count). The highest BCUT2D eigenvalue weighted by atomic mass is 79.9. The zero-order valence-corrected chi connectivity index (χ0v) is 11.7. The van der Waals surface area contributed by atoms with Gasteiger partial charge in [-0.25, -0.2) is 0 Å². The fourth-order valence-corrected chi connectivity index (χ4v) is 1.31. The molecule has 1 atom stereocenters. The second-order valence-electron chi connectivity index (χ2n) is 3.32. The lowest BCUT2D eigenvalue weighted by molar-refractivity contribution is 0.126. The number of ether oxygens (including phenoxy) is 1. The van der Waals surface area contributed by atoms with E-state index in [1.165, 1.54) is 12.1 Å². The maximum atomic E-state index is 8.10. The monoisotopic (exact) mass is 323 g/mol. The average molecular weight is 324 g/mol. The number of benzene rings is 1. The Bertz CT molecular complexity index is 652. The first kappa shape index (κ1) is 5.97. The molecule has 0 saturated heterocycles. The molecule has 0 aliphatic heterocycles. The number of alkyl halides is 1. The smallest absolute Gasteiger partial charge is 0.0567 e. The lowest BCUT2D eigenvalue weighted by Crippen LogP contribution is -1.98. The van der Waals surface area contributed by atoms with Crippen LogP contribution in [0.3, 0.4) is 0 Å². The van der Waals surface area contributed by atoms with E-state index >= 15 is 0 Å². The van der Waals surface area contributed by atoms with Gasteiger partial charge < -0.3 is 4.74 Å². The zero-order chi connectivity index (χ0) is 22.7. The van der Waals surface area contributed by atoms with Crippen molar-refractivity contribution in [2.24, 2.45) is 0 Å². The second-order valence-corrected chi connectivity index (χ2v) is 4.11. The maximum Gasteiger partial charge on any atom is 0.0567 e. The molecule has 0 spiro atoms. The average Bonchev–Trinajstić information content (AvgIpc) is 2.61. The van der Waals surface area contributed by atoms with Crippen molar-refractivity contribution < 1.29 is 19.8 Å². The summed E-state index contributed by atoms with van der Waals surface area (Å²) in [5.74, 6) is 0. The Hall–Kier alpha value is -0.340. The minimum Gasteiger partial charge on any atom is -0.381 e. The molecule has 0 bridgehead atoms. The van der Waals surface area contributed by atoms with Crippen LogP contribution < -0.4 is 0 Å². The molecule has 0 N–H and O–H groups in total. The maximum absolute atomic E-state index is 8.10. The van der Waals surface area contributed by atoms with Crippen molar-refractivity contribution in [3.63, 3.8) is 0 Å². The fraction of sp³-hybridized carbons (Fsp3) is 0.625. The zero-order valence-electron chi connectivity index (χ0n) is 21.1. The largest absolute Gasteiger partial charge is 0.381 e. The minimum atomic E-state index is -3.35. The third kappa shape index (κ3) is 8.71. The van der Waals surface area contributed by atoms with Crippen LogP contribution in [0.5, 0.6) is 0 Å². The third-order valence-corrected chi connectivity index (χ3v) is 2.30. The summed E-state index contributed by atoms with van der Waals surface area (Å²) in [5, 5.41) is 0.0640. The van der Waals surface area contributed by atoms with Crippen LogP contribution in [0.15, 0.2) is 30.3 Å². The summed E-state index contributed by atoms with van der Waals surface area (Å²) < 4.78 is 92.1. The predicted molar refractivity (Wildman–Crippen MR) is 82.5 cm³/mol. The van der Waals surface area contributed by atoms with Crippen LogP contribution in [0, 0.1) is 0 Å². The Morgan fingerprint density at radius 1 is 1.06 bits per heavy atom. The van der Waals surface area contributed by atoms with Crippen molar-refractivity contribution >= 4 is 15.9 Å². The molecule has 1 unspecified atom stereocenters. The van der Waals surface area contributed by atoms with E-state index in [2.05, 4.69) is 15.9 Å². The number of rotatable bonds is 11. The van der Waals surface area contributed by atoms with Gasteiger partial charge in [0.15, 0.2) is 0 Å². The summed E-state index contributed by atoms with van der Waals surface area (Å²) >= 11 is 2.98. The summed E-state index contributed by atoms with van der Waals surface area (Å²) in [6.45, 7) is -3.74. The minimum absolute atomic E-state index is 0.0640. The van der Waals surface area contributed by atoms with Crippen LogP contribution in [-0.2, 0) is 11.1 Å². The van der Waals surface area contributed by atoms with Crippen molar-refractivity contribution in [3.05, 3.63) is 35.9 Å². The standard InChI is InChI=1S/C16H25BrO/c17-13-7-1-2-8-14-18-15-9-6-12-16-10-4-3-5-11-16/h3-5,10-11H,1-2,6-9,12-15H2/i1D2,2D2,6D,8D2,12D2,14D2. The van der Waals surface area contributed by atoms with Gasteiger partial charge in [-0.3, -0.25) is 0 Å². The Balaban J connectivity index is 2.86. The highest BCUT2D eigenvalue weighted by molar-refractivity contribution is 9.09. The van der Waals surface area contributed by atoms with E-state index in [4.69, 9.17) is 19.8 Å². The summed E-state index contributed by atoms with van der Waals surface area (Å²) in [6.07, 6.45) is -13.2. The molecular weight excluding hydrogens is 288 g/mol. The molecule has 0 amide bonds. The summed E-state index contributed by atoms with van der Waals surface area (Å²) in [7, 11) is 0. The summed E-state index contributed by atoms with van der Waals surface area (Å²) in [6, 6.07) is 8.03. The van der Waals surface area contributed by atoms with Crippen molar-refractivity contribution in [2.45, 2.75) is 44.7 Å². The van der Waals surface area contributed by atoms with Crippen LogP contribution in [-0.4, -0.2) is 18.5 Å². The first-order valence-electron chi connectivity index (χ1n) is 11.3. The van der Waals surface area contributed by atoms with Gasteiger partial charge >= 0.3 is 0 Å². The molecule has 0 heterocycles. The third-order valence-electron chi connectivity index (χ3n) is 1.90. The summed E-state index contributed by atoms with van der Waals surface area (Å²) in [5.41, 5.74) is 0.276. The van der Waals surface area contributed by atoms with Gasteiger partial charge in [0.2, 0.25) is 0 Å². The number of hydrogen-bond acceptors (Lipinski definition) is 1. The molecule has 0 aliphatic carbocycles. The fourth-order valence-electron chi connectivity index (χ4n) is 1.11. The van der Waals surface area contributed by atoms with Gasteiger partial charge in [-0.1, -0.05) is 59.0 Å². The van der Waals surface area contributed by atoms with E-state index < -0.39 is 45.1 Å². The van der Waals surface area contributed by atoms with Gasteiger partial charge in [-0.2, -0.15) is 0 Å². The van der Waals surface area contributed by atoms with Crippen LogP contribution in [0.25, 0.3) is 0 Å². The highest BCUT2D eigenvalue weighted by Crippen LogP contribution is 2.05. The Morgan fingerprint density at radius 3 is 2.67 bits per heavy atom. The van der Waals surface area contributed by atoms with E-state index in [1.54, 1.807) is 18.2 Å². The number of aryl methyl sites for hydroxylation is 1. The van der Waals surface area contributed by atoms with E-state index in [9.17, 15) is 0 Å². The molecule has 1 aromatic carbocycles. The Labute approximate surface area is 136 Å². The molecule has 0 aromatic heterocycles. The number of halogens is 1. The predicted octanol–water partition coefficient (Wildman–Crippen LogP) is 4.98. The molecule has 1 aromatic rings. The van der Waals surface area contributed by atoms with Crippen molar-refractivity contribution in [3.8, 4) is 0 Å². The van der Waals surface area contributed by atoms with Gasteiger partial charge in [-0.05, 0) is 37.5 Å². The summed E-state index contributed by atoms with van der Waals surface area (Å²) in [4.78, 5) is 0. The van der Waals surface area contributed by atoms with Gasteiger partial charge in [0.1, 0.15) is 0 Å². The normalized spacial score (nSPS) is 25.5. The topological polar surface area (TPSA) is 9.23 Å². The highest BCUT2D eigenvalue weighted by Gasteiger charge is 1.94. The van der Waals surface area contributed by atoms with Crippen molar-refractivity contribution in [1.29, 1.82) is 0 Å². The van der Waals surface area contributed by atoms with Crippen molar-refractivity contribution in [1.82, 2.24) is 0 Å². The first-order valence-corrected chi connectivity index (χ1v) is 6.84. The lowest BCUT2D eigenvalue weighted by Gasteiger charge is -2.04. The van der Waals surface area contributed by atoms with Crippen LogP contribution in [0.4, 0.5) is 0 Å². The van der Waals surface area contributed by atoms with Gasteiger partial charge in [0.05, 0.1) is 2.74 Å². The lowest BCUT2D eigenvalue weighted by atomic mass is 10.1. The molecule has 2 heteroatoms. The second kappa shape index (κ2) is 11.7. The molecule has 1 nitrogen and oxygen atoms in total. The van der Waals surface area contributed by atoms with Crippen LogP contribution >= 0.6 is 15.9 Å². The molecule has 102 valence electrons. The SMILES string of the molecule is [2H]C(CCOC([2H])([2H])C([2H])([2H])C([2H])([2H])C([2H])([2H])CCBr)C([2H])([2H])c1ccccc1. The van der Waals surface area contributed by atoms with Gasteiger partial charge in [-0.15, -0.1) is 0 Å². The Morgan fingerprint density at radius 2 is 1.89 bits per heavy atom. The molecule has 0 aliphatic rings.